The van der Waals surface area contributed by atoms with Crippen LogP contribution in [-0.2, 0) is 6.42 Å². The molecule has 27 heavy (non-hydrogen) atoms. The number of phenols is 1. The Morgan fingerprint density at radius 1 is 1.15 bits per heavy atom. The van der Waals surface area contributed by atoms with E-state index >= 15 is 0 Å². The molecule has 1 amide bonds. The zero-order valence-electron chi connectivity index (χ0n) is 14.5. The van der Waals surface area contributed by atoms with Gasteiger partial charge >= 0.3 is 5.69 Å². The first kappa shape index (κ1) is 19.5. The fourth-order valence-corrected chi connectivity index (χ4v) is 2.26. The predicted molar refractivity (Wildman–Crippen MR) is 96.9 cm³/mol. The van der Waals surface area contributed by atoms with Crippen LogP contribution >= 0.6 is 0 Å². The van der Waals surface area contributed by atoms with Crippen molar-refractivity contribution in [1.29, 1.82) is 0 Å². The first-order chi connectivity index (χ1) is 12.7. The van der Waals surface area contributed by atoms with Crippen LogP contribution in [0.4, 0.5) is 11.4 Å². The van der Waals surface area contributed by atoms with Gasteiger partial charge in [0, 0.05) is 6.07 Å². The quantitative estimate of drug-likeness (QED) is 0.452. The molecule has 0 saturated carbocycles. The van der Waals surface area contributed by atoms with Crippen molar-refractivity contribution in [3.05, 3.63) is 73.3 Å². The molecule has 0 radical (unpaired) electrons. The van der Waals surface area contributed by atoms with E-state index in [0.717, 1.165) is 23.6 Å². The van der Waals surface area contributed by atoms with Gasteiger partial charge in [0.05, 0.1) is 27.2 Å². The summed E-state index contributed by atoms with van der Waals surface area (Å²) in [5.74, 6) is -1.98. The molecule has 0 aliphatic heterocycles. The number of carbonyl (C=O) groups is 1. The van der Waals surface area contributed by atoms with E-state index in [1.807, 2.05) is 31.2 Å². The lowest BCUT2D eigenvalue weighted by atomic mass is 10.1. The topological polar surface area (TPSA) is 148 Å². The fourth-order valence-electron chi connectivity index (χ4n) is 2.26. The van der Waals surface area contributed by atoms with Crippen molar-refractivity contribution < 1.29 is 19.7 Å². The Morgan fingerprint density at radius 3 is 2.30 bits per heavy atom. The maximum absolute atomic E-state index is 12.2. The molecule has 0 fully saturated rings. The molecular formula is C17H16N4O6. The fraction of sp³-hybridized carbons (Fsp3) is 0.176. The average molecular weight is 372 g/mol. The van der Waals surface area contributed by atoms with Crippen LogP contribution in [0.2, 0.25) is 0 Å². The van der Waals surface area contributed by atoms with Crippen LogP contribution in [0.1, 0.15) is 35.3 Å². The number of benzene rings is 2. The van der Waals surface area contributed by atoms with Crippen molar-refractivity contribution in [1.82, 2.24) is 5.43 Å². The Balaban J connectivity index is 2.31. The van der Waals surface area contributed by atoms with Crippen molar-refractivity contribution >= 4 is 23.0 Å². The van der Waals surface area contributed by atoms with Crippen LogP contribution < -0.4 is 5.43 Å². The number of hydrogen-bond acceptors (Lipinski definition) is 7. The minimum Gasteiger partial charge on any atom is -0.502 e. The second-order valence-electron chi connectivity index (χ2n) is 5.56. The van der Waals surface area contributed by atoms with Crippen molar-refractivity contribution in [2.24, 2.45) is 5.10 Å². The van der Waals surface area contributed by atoms with E-state index in [4.69, 9.17) is 0 Å². The first-order valence-electron chi connectivity index (χ1n) is 7.84. The number of nitro groups is 2. The van der Waals surface area contributed by atoms with Gasteiger partial charge in [0.25, 0.3) is 11.6 Å². The second kappa shape index (κ2) is 8.04. The lowest BCUT2D eigenvalue weighted by molar-refractivity contribution is -0.394. The third kappa shape index (κ3) is 4.42. The van der Waals surface area contributed by atoms with E-state index in [1.54, 1.807) is 6.92 Å². The van der Waals surface area contributed by atoms with E-state index in [1.165, 1.54) is 0 Å². The monoisotopic (exact) mass is 372 g/mol. The Bertz CT molecular complexity index is 937. The van der Waals surface area contributed by atoms with Crippen LogP contribution in [0.15, 0.2) is 41.5 Å². The molecule has 0 aliphatic carbocycles. The molecule has 2 N–H and O–H groups in total. The highest BCUT2D eigenvalue weighted by Crippen LogP contribution is 2.34. The summed E-state index contributed by atoms with van der Waals surface area (Å²) in [4.78, 5) is 32.2. The Labute approximate surface area is 153 Å². The number of amides is 1. The summed E-state index contributed by atoms with van der Waals surface area (Å²) in [6, 6.07) is 8.78. The zero-order valence-corrected chi connectivity index (χ0v) is 14.5. The van der Waals surface area contributed by atoms with Gasteiger partial charge in [0.2, 0.25) is 5.75 Å². The van der Waals surface area contributed by atoms with E-state index in [0.29, 0.717) is 11.8 Å². The summed E-state index contributed by atoms with van der Waals surface area (Å²) in [7, 11) is 0. The molecular weight excluding hydrogens is 356 g/mol. The van der Waals surface area contributed by atoms with Crippen molar-refractivity contribution in [3.8, 4) is 5.75 Å². The molecule has 10 heteroatoms. The standard InChI is InChI=1S/C17H16N4O6/c1-3-11-4-6-12(7-5-11)10(2)18-19-17(23)14-8-13(20(24)25)9-15(16(14)22)21(26)27/h4-9,22H,3H2,1-2H3,(H,19,23)/b18-10+. The number of aromatic hydroxyl groups is 1. The summed E-state index contributed by atoms with van der Waals surface area (Å²) in [6.45, 7) is 3.65. The molecule has 0 aliphatic rings. The molecule has 0 saturated heterocycles. The molecule has 0 heterocycles. The summed E-state index contributed by atoms with van der Waals surface area (Å²) in [5.41, 5.74) is 2.21. The molecule has 2 rings (SSSR count). The van der Waals surface area contributed by atoms with Gasteiger partial charge in [-0.15, -0.1) is 0 Å². The lowest BCUT2D eigenvalue weighted by Gasteiger charge is -2.06. The number of aryl methyl sites for hydroxylation is 1. The van der Waals surface area contributed by atoms with Gasteiger partial charge in [-0.25, -0.2) is 5.43 Å². The molecule has 140 valence electrons. The van der Waals surface area contributed by atoms with Crippen molar-refractivity contribution in [2.75, 3.05) is 0 Å². The van der Waals surface area contributed by atoms with Crippen LogP contribution in [-0.4, -0.2) is 26.6 Å². The SMILES string of the molecule is CCc1ccc(/C(C)=N/NC(=O)c2cc([N+](=O)[O-])cc([N+](=O)[O-])c2O)cc1. The van der Waals surface area contributed by atoms with Crippen LogP contribution in [0.3, 0.4) is 0 Å². The van der Waals surface area contributed by atoms with E-state index in [-0.39, 0.29) is 0 Å². The van der Waals surface area contributed by atoms with Gasteiger partial charge in [-0.2, -0.15) is 5.10 Å². The van der Waals surface area contributed by atoms with Crippen LogP contribution in [0, 0.1) is 20.2 Å². The second-order valence-corrected chi connectivity index (χ2v) is 5.56. The van der Waals surface area contributed by atoms with Gasteiger partial charge in [0.1, 0.15) is 0 Å². The Kier molecular flexibility index (Phi) is 5.81. The Hall–Kier alpha value is -3.82. The summed E-state index contributed by atoms with van der Waals surface area (Å²) >= 11 is 0. The molecule has 2 aromatic rings. The number of non-ortho nitro benzene ring substituents is 1. The number of nitrogens with zero attached hydrogens (tertiary/aromatic N) is 3. The van der Waals surface area contributed by atoms with Crippen molar-refractivity contribution in [2.45, 2.75) is 20.3 Å². The van der Waals surface area contributed by atoms with Gasteiger partial charge < -0.3 is 5.11 Å². The highest BCUT2D eigenvalue weighted by atomic mass is 16.6. The minimum absolute atomic E-state index is 0.449. The maximum Gasteiger partial charge on any atom is 0.318 e. The number of hydrazone groups is 1. The number of nitrogens with one attached hydrogen (secondary N) is 1. The maximum atomic E-state index is 12.2. The number of nitro benzene ring substituents is 2. The van der Waals surface area contributed by atoms with Gasteiger partial charge in [0.15, 0.2) is 0 Å². The third-order valence-electron chi connectivity index (χ3n) is 3.83. The molecule has 0 atom stereocenters. The molecule has 0 spiro atoms. The van der Waals surface area contributed by atoms with Gasteiger partial charge in [-0.05, 0) is 24.5 Å². The number of hydrogen-bond donors (Lipinski definition) is 2. The van der Waals surface area contributed by atoms with E-state index in [2.05, 4.69) is 10.5 Å². The average Bonchev–Trinajstić information content (AvgIpc) is 2.65. The number of phenolic OH excluding ortho intramolecular Hbond substituents is 1. The molecule has 0 unspecified atom stereocenters. The van der Waals surface area contributed by atoms with E-state index < -0.39 is 38.4 Å². The highest BCUT2D eigenvalue weighted by molar-refractivity contribution is 6.02. The van der Waals surface area contributed by atoms with Crippen LogP contribution in [0.5, 0.6) is 5.75 Å². The van der Waals surface area contributed by atoms with E-state index in [9.17, 15) is 30.1 Å². The Morgan fingerprint density at radius 2 is 1.78 bits per heavy atom. The van der Waals surface area contributed by atoms with Gasteiger partial charge in [-0.3, -0.25) is 25.0 Å². The smallest absolute Gasteiger partial charge is 0.318 e. The lowest BCUT2D eigenvalue weighted by Crippen LogP contribution is -2.20. The van der Waals surface area contributed by atoms with Crippen LogP contribution in [0.25, 0.3) is 0 Å². The summed E-state index contributed by atoms with van der Waals surface area (Å²) in [5, 5.41) is 35.6. The number of carbonyl (C=O) groups excluding carboxylic acids is 1. The molecule has 0 bridgehead atoms. The molecule has 10 nitrogen and oxygen atoms in total. The highest BCUT2D eigenvalue weighted by Gasteiger charge is 2.27. The molecule has 2 aromatic carbocycles. The zero-order chi connectivity index (χ0) is 20.1. The van der Waals surface area contributed by atoms with Crippen molar-refractivity contribution in [3.63, 3.8) is 0 Å². The normalized spacial score (nSPS) is 11.1. The predicted octanol–water partition coefficient (Wildman–Crippen LogP) is 2.93. The minimum atomic E-state index is -1.01. The summed E-state index contributed by atoms with van der Waals surface area (Å²) < 4.78 is 0. The van der Waals surface area contributed by atoms with Gasteiger partial charge in [-0.1, -0.05) is 31.2 Å². The third-order valence-corrected chi connectivity index (χ3v) is 3.83. The summed E-state index contributed by atoms with van der Waals surface area (Å²) in [6.07, 6.45) is 0.873. The number of rotatable bonds is 6. The largest absolute Gasteiger partial charge is 0.502 e. The molecule has 0 aromatic heterocycles. The first-order valence-corrected chi connectivity index (χ1v) is 7.84.